The van der Waals surface area contributed by atoms with Crippen LogP contribution in [0.15, 0.2) is 41.0 Å². The van der Waals surface area contributed by atoms with Gasteiger partial charge in [-0.1, -0.05) is 23.7 Å². The number of benzene rings is 1. The molecule has 3 heteroatoms. The van der Waals surface area contributed by atoms with Crippen LogP contribution in [-0.2, 0) is 6.42 Å². The summed E-state index contributed by atoms with van der Waals surface area (Å²) in [6.45, 7) is 1.79. The third-order valence-corrected chi connectivity index (χ3v) is 2.69. The van der Waals surface area contributed by atoms with Crippen LogP contribution in [0.2, 0.25) is 5.02 Å². The topological polar surface area (TPSA) is 30.2 Å². The van der Waals surface area contributed by atoms with Crippen molar-refractivity contribution in [1.29, 1.82) is 0 Å². The second-order valence-electron chi connectivity index (χ2n) is 3.62. The zero-order valence-electron chi connectivity index (χ0n) is 8.87. The van der Waals surface area contributed by atoms with Gasteiger partial charge in [0.25, 0.3) is 0 Å². The Morgan fingerprint density at radius 3 is 2.50 bits per heavy atom. The molecule has 0 unspecified atom stereocenters. The van der Waals surface area contributed by atoms with E-state index >= 15 is 0 Å². The third-order valence-electron chi connectivity index (χ3n) is 2.44. The number of hydrogen-bond acceptors (Lipinski definition) is 2. The second kappa shape index (κ2) is 4.54. The molecule has 16 heavy (non-hydrogen) atoms. The van der Waals surface area contributed by atoms with Crippen LogP contribution in [0.3, 0.4) is 0 Å². The van der Waals surface area contributed by atoms with Crippen LogP contribution in [-0.4, -0.2) is 5.78 Å². The van der Waals surface area contributed by atoms with Gasteiger partial charge in [0.1, 0.15) is 5.76 Å². The first-order chi connectivity index (χ1) is 7.66. The molecule has 2 rings (SSSR count). The molecule has 1 aromatic carbocycles. The first-order valence-corrected chi connectivity index (χ1v) is 5.36. The molecule has 2 nitrogen and oxygen atoms in total. The van der Waals surface area contributed by atoms with E-state index in [1.165, 1.54) is 6.26 Å². The maximum Gasteiger partial charge on any atom is 0.170 e. The number of halogens is 1. The van der Waals surface area contributed by atoms with Crippen molar-refractivity contribution in [3.05, 3.63) is 58.5 Å². The minimum Gasteiger partial charge on any atom is -0.469 e. The standard InChI is InChI=1S/C13H11ClO2/c1-9-12(6-7-16-9)13(15)8-10-2-4-11(14)5-3-10/h2-7H,8H2,1H3. The van der Waals surface area contributed by atoms with Crippen LogP contribution in [0.1, 0.15) is 21.7 Å². The lowest BCUT2D eigenvalue weighted by Gasteiger charge is -2.00. The molecular weight excluding hydrogens is 224 g/mol. The molecule has 82 valence electrons. The molecule has 0 fully saturated rings. The number of rotatable bonds is 3. The highest BCUT2D eigenvalue weighted by molar-refractivity contribution is 6.30. The van der Waals surface area contributed by atoms with Crippen LogP contribution in [0, 0.1) is 6.92 Å². The minimum absolute atomic E-state index is 0.0635. The number of carbonyl (C=O) groups is 1. The van der Waals surface area contributed by atoms with Gasteiger partial charge in [-0.15, -0.1) is 0 Å². The predicted octanol–water partition coefficient (Wildman–Crippen LogP) is 3.67. The van der Waals surface area contributed by atoms with Crippen molar-refractivity contribution in [2.24, 2.45) is 0 Å². The zero-order valence-corrected chi connectivity index (χ0v) is 9.62. The van der Waals surface area contributed by atoms with E-state index in [1.807, 2.05) is 12.1 Å². The normalized spacial score (nSPS) is 10.4. The fourth-order valence-electron chi connectivity index (χ4n) is 1.56. The number of aryl methyl sites for hydroxylation is 1. The Morgan fingerprint density at radius 1 is 1.25 bits per heavy atom. The lowest BCUT2D eigenvalue weighted by Crippen LogP contribution is -2.03. The average Bonchev–Trinajstić information content (AvgIpc) is 2.68. The monoisotopic (exact) mass is 234 g/mol. The lowest BCUT2D eigenvalue weighted by atomic mass is 10.0. The summed E-state index contributed by atoms with van der Waals surface area (Å²) in [5.74, 6) is 0.729. The zero-order chi connectivity index (χ0) is 11.5. The summed E-state index contributed by atoms with van der Waals surface area (Å²) in [4.78, 5) is 11.9. The van der Waals surface area contributed by atoms with E-state index < -0.39 is 0 Å². The third kappa shape index (κ3) is 2.34. The van der Waals surface area contributed by atoms with E-state index in [2.05, 4.69) is 0 Å². The van der Waals surface area contributed by atoms with Gasteiger partial charge in [0, 0.05) is 11.4 Å². The summed E-state index contributed by atoms with van der Waals surface area (Å²) >= 11 is 5.77. The predicted molar refractivity (Wildman–Crippen MR) is 62.9 cm³/mol. The number of Topliss-reactive ketones (excluding diaryl/α,β-unsaturated/α-hetero) is 1. The Labute approximate surface area is 98.8 Å². The molecule has 1 aromatic heterocycles. The van der Waals surface area contributed by atoms with Crippen molar-refractivity contribution >= 4 is 17.4 Å². The van der Waals surface area contributed by atoms with Crippen molar-refractivity contribution < 1.29 is 9.21 Å². The fraction of sp³-hybridized carbons (Fsp3) is 0.154. The molecule has 0 aliphatic carbocycles. The molecule has 0 saturated carbocycles. The van der Waals surface area contributed by atoms with Gasteiger partial charge in [-0.2, -0.15) is 0 Å². The van der Waals surface area contributed by atoms with Crippen molar-refractivity contribution in [2.45, 2.75) is 13.3 Å². The number of ketones is 1. The quantitative estimate of drug-likeness (QED) is 0.759. The lowest BCUT2D eigenvalue weighted by molar-refractivity contribution is 0.0991. The largest absolute Gasteiger partial charge is 0.469 e. The maximum absolute atomic E-state index is 11.9. The second-order valence-corrected chi connectivity index (χ2v) is 4.05. The Hall–Kier alpha value is -1.54. The number of furan rings is 1. The molecule has 0 radical (unpaired) electrons. The molecule has 0 aliphatic rings. The van der Waals surface area contributed by atoms with Crippen LogP contribution < -0.4 is 0 Å². The van der Waals surface area contributed by atoms with Gasteiger partial charge in [0.15, 0.2) is 5.78 Å². The Kier molecular flexibility index (Phi) is 3.11. The van der Waals surface area contributed by atoms with Gasteiger partial charge in [0.05, 0.1) is 11.8 Å². The number of carbonyl (C=O) groups excluding carboxylic acids is 1. The van der Waals surface area contributed by atoms with E-state index in [1.54, 1.807) is 25.1 Å². The molecule has 0 saturated heterocycles. The van der Waals surface area contributed by atoms with Crippen LogP contribution in [0.4, 0.5) is 0 Å². The summed E-state index contributed by atoms with van der Waals surface area (Å²) in [5.41, 5.74) is 1.60. The maximum atomic E-state index is 11.9. The Morgan fingerprint density at radius 2 is 1.94 bits per heavy atom. The highest BCUT2D eigenvalue weighted by atomic mass is 35.5. The Balaban J connectivity index is 2.14. The van der Waals surface area contributed by atoms with Crippen LogP contribution in [0.25, 0.3) is 0 Å². The molecule has 0 spiro atoms. The van der Waals surface area contributed by atoms with Gasteiger partial charge in [-0.3, -0.25) is 4.79 Å². The van der Waals surface area contributed by atoms with E-state index in [0.717, 1.165) is 5.56 Å². The van der Waals surface area contributed by atoms with Crippen LogP contribution >= 0.6 is 11.6 Å². The average molecular weight is 235 g/mol. The molecular formula is C13H11ClO2. The minimum atomic E-state index is 0.0635. The van der Waals surface area contributed by atoms with Crippen molar-refractivity contribution in [3.8, 4) is 0 Å². The Bertz CT molecular complexity index is 497. The van der Waals surface area contributed by atoms with Crippen molar-refractivity contribution in [1.82, 2.24) is 0 Å². The summed E-state index contributed by atoms with van der Waals surface area (Å²) in [7, 11) is 0. The molecule has 2 aromatic rings. The van der Waals surface area contributed by atoms with E-state index in [4.69, 9.17) is 16.0 Å². The SMILES string of the molecule is Cc1occc1C(=O)Cc1ccc(Cl)cc1. The van der Waals surface area contributed by atoms with Gasteiger partial charge < -0.3 is 4.42 Å². The highest BCUT2D eigenvalue weighted by Crippen LogP contribution is 2.15. The molecule has 0 aliphatic heterocycles. The summed E-state index contributed by atoms with van der Waals surface area (Å²) in [6.07, 6.45) is 1.90. The summed E-state index contributed by atoms with van der Waals surface area (Å²) in [5, 5.41) is 0.677. The first kappa shape index (κ1) is 11.0. The smallest absolute Gasteiger partial charge is 0.170 e. The van der Waals surface area contributed by atoms with Gasteiger partial charge in [-0.25, -0.2) is 0 Å². The summed E-state index contributed by atoms with van der Waals surface area (Å²) in [6, 6.07) is 8.98. The molecule has 1 heterocycles. The van der Waals surface area contributed by atoms with E-state index in [0.29, 0.717) is 22.8 Å². The van der Waals surface area contributed by atoms with E-state index in [-0.39, 0.29) is 5.78 Å². The fourth-order valence-corrected chi connectivity index (χ4v) is 1.68. The van der Waals surface area contributed by atoms with Crippen molar-refractivity contribution in [3.63, 3.8) is 0 Å². The van der Waals surface area contributed by atoms with Gasteiger partial charge >= 0.3 is 0 Å². The molecule has 0 atom stereocenters. The van der Waals surface area contributed by atoms with Gasteiger partial charge in [-0.05, 0) is 30.7 Å². The van der Waals surface area contributed by atoms with Crippen molar-refractivity contribution in [2.75, 3.05) is 0 Å². The molecule has 0 amide bonds. The highest BCUT2D eigenvalue weighted by Gasteiger charge is 2.11. The van der Waals surface area contributed by atoms with Gasteiger partial charge in [0.2, 0.25) is 0 Å². The number of hydrogen-bond donors (Lipinski definition) is 0. The molecule has 0 N–H and O–H groups in total. The molecule has 0 bridgehead atoms. The van der Waals surface area contributed by atoms with E-state index in [9.17, 15) is 4.79 Å². The van der Waals surface area contributed by atoms with Crippen LogP contribution in [0.5, 0.6) is 0 Å². The summed E-state index contributed by atoms with van der Waals surface area (Å²) < 4.78 is 5.10. The first-order valence-electron chi connectivity index (χ1n) is 4.98.